The summed E-state index contributed by atoms with van der Waals surface area (Å²) in [7, 11) is 1.61. The number of fused-ring (bicyclic) bond motifs is 1. The van der Waals surface area contributed by atoms with Crippen molar-refractivity contribution in [3.8, 4) is 5.75 Å². The number of ether oxygens (including phenoxy) is 1. The number of carboxylic acid groups (broad SMARTS) is 1. The van der Waals surface area contributed by atoms with Crippen molar-refractivity contribution in [1.82, 2.24) is 4.98 Å². The highest BCUT2D eigenvalue weighted by atomic mass is 16.5. The minimum absolute atomic E-state index is 0.430. The maximum absolute atomic E-state index is 10.8. The molecule has 1 unspecified atom stereocenters. The van der Waals surface area contributed by atoms with Gasteiger partial charge in [-0.15, -0.1) is 0 Å². The average Bonchev–Trinajstić information content (AvgIpc) is 2.37. The van der Waals surface area contributed by atoms with Crippen molar-refractivity contribution in [2.24, 2.45) is 5.92 Å². The molecule has 94 valence electrons. The molecule has 1 aromatic heterocycles. The van der Waals surface area contributed by atoms with Crippen LogP contribution >= 0.6 is 0 Å². The summed E-state index contributed by atoms with van der Waals surface area (Å²) in [5.41, 5.74) is 1.61. The largest absolute Gasteiger partial charge is 0.497 e. The first-order valence-electron chi connectivity index (χ1n) is 5.76. The van der Waals surface area contributed by atoms with Crippen LogP contribution in [-0.2, 0) is 11.2 Å². The minimum Gasteiger partial charge on any atom is -0.497 e. The zero-order valence-corrected chi connectivity index (χ0v) is 10.4. The van der Waals surface area contributed by atoms with Crippen LogP contribution in [0.4, 0.5) is 0 Å². The van der Waals surface area contributed by atoms with Crippen LogP contribution in [0.1, 0.15) is 12.6 Å². The van der Waals surface area contributed by atoms with E-state index in [1.807, 2.05) is 30.3 Å². The van der Waals surface area contributed by atoms with Gasteiger partial charge in [0.2, 0.25) is 0 Å². The van der Waals surface area contributed by atoms with Crippen molar-refractivity contribution in [2.45, 2.75) is 13.3 Å². The fraction of sp³-hybridized carbons (Fsp3) is 0.286. The van der Waals surface area contributed by atoms with E-state index in [4.69, 9.17) is 9.84 Å². The van der Waals surface area contributed by atoms with Crippen LogP contribution in [-0.4, -0.2) is 23.2 Å². The van der Waals surface area contributed by atoms with Gasteiger partial charge >= 0.3 is 5.97 Å². The van der Waals surface area contributed by atoms with Crippen molar-refractivity contribution >= 4 is 16.9 Å². The predicted molar refractivity (Wildman–Crippen MR) is 68.8 cm³/mol. The minimum atomic E-state index is -0.803. The van der Waals surface area contributed by atoms with Gasteiger partial charge in [0.05, 0.1) is 18.5 Å². The van der Waals surface area contributed by atoms with Crippen LogP contribution in [0.5, 0.6) is 5.75 Å². The van der Waals surface area contributed by atoms with Crippen LogP contribution < -0.4 is 4.74 Å². The standard InChI is InChI=1S/C14H15NO3/c1-9(14(16)17)7-11-5-3-10-4-6-12(18-2)8-13(10)15-11/h3-6,8-9H,7H2,1-2H3,(H,16,17). The van der Waals surface area contributed by atoms with E-state index in [-0.39, 0.29) is 0 Å². The Balaban J connectivity index is 2.33. The molecule has 1 atom stereocenters. The van der Waals surface area contributed by atoms with Gasteiger partial charge in [-0.2, -0.15) is 0 Å². The van der Waals surface area contributed by atoms with Crippen molar-refractivity contribution < 1.29 is 14.6 Å². The lowest BCUT2D eigenvalue weighted by molar-refractivity contribution is -0.141. The lowest BCUT2D eigenvalue weighted by Crippen LogP contribution is -2.13. The summed E-state index contributed by atoms with van der Waals surface area (Å²) in [4.78, 5) is 15.3. The highest BCUT2D eigenvalue weighted by Gasteiger charge is 2.12. The van der Waals surface area contributed by atoms with E-state index in [0.717, 1.165) is 22.3 Å². The highest BCUT2D eigenvalue weighted by Crippen LogP contribution is 2.20. The number of methoxy groups -OCH3 is 1. The van der Waals surface area contributed by atoms with E-state index in [2.05, 4.69) is 4.98 Å². The van der Waals surface area contributed by atoms with E-state index in [0.29, 0.717) is 6.42 Å². The molecule has 0 spiro atoms. The topological polar surface area (TPSA) is 59.4 Å². The van der Waals surface area contributed by atoms with Gasteiger partial charge in [0.1, 0.15) is 5.75 Å². The number of benzene rings is 1. The Labute approximate surface area is 105 Å². The Morgan fingerprint density at radius 1 is 1.39 bits per heavy atom. The lowest BCUT2D eigenvalue weighted by Gasteiger charge is -2.07. The molecule has 2 aromatic rings. The van der Waals surface area contributed by atoms with E-state index in [1.165, 1.54) is 0 Å². The first kappa shape index (κ1) is 12.4. The molecular weight excluding hydrogens is 230 g/mol. The first-order chi connectivity index (χ1) is 8.60. The van der Waals surface area contributed by atoms with Crippen molar-refractivity contribution in [1.29, 1.82) is 0 Å². The molecule has 18 heavy (non-hydrogen) atoms. The number of carbonyl (C=O) groups is 1. The zero-order valence-electron chi connectivity index (χ0n) is 10.4. The maximum atomic E-state index is 10.8. The lowest BCUT2D eigenvalue weighted by atomic mass is 10.0. The molecule has 0 bridgehead atoms. The summed E-state index contributed by atoms with van der Waals surface area (Å²) in [5.74, 6) is -0.485. The third-order valence-electron chi connectivity index (χ3n) is 2.89. The first-order valence-corrected chi connectivity index (χ1v) is 5.76. The van der Waals surface area contributed by atoms with Gasteiger partial charge in [0.25, 0.3) is 0 Å². The van der Waals surface area contributed by atoms with Gasteiger partial charge in [0.15, 0.2) is 0 Å². The molecule has 2 rings (SSSR count). The Morgan fingerprint density at radius 3 is 2.78 bits per heavy atom. The molecule has 0 amide bonds. The Kier molecular flexibility index (Phi) is 3.46. The molecule has 0 saturated heterocycles. The summed E-state index contributed by atoms with van der Waals surface area (Å²) in [6.45, 7) is 1.68. The Morgan fingerprint density at radius 2 is 2.11 bits per heavy atom. The monoisotopic (exact) mass is 245 g/mol. The highest BCUT2D eigenvalue weighted by molar-refractivity contribution is 5.80. The van der Waals surface area contributed by atoms with E-state index in [1.54, 1.807) is 14.0 Å². The van der Waals surface area contributed by atoms with Crippen LogP contribution in [0, 0.1) is 5.92 Å². The number of nitrogens with zero attached hydrogens (tertiary/aromatic N) is 1. The van der Waals surface area contributed by atoms with Gasteiger partial charge < -0.3 is 9.84 Å². The summed E-state index contributed by atoms with van der Waals surface area (Å²) < 4.78 is 5.15. The molecule has 0 saturated carbocycles. The summed E-state index contributed by atoms with van der Waals surface area (Å²) in [5, 5.41) is 9.91. The van der Waals surface area contributed by atoms with E-state index in [9.17, 15) is 4.79 Å². The number of aliphatic carboxylic acids is 1. The molecule has 4 heteroatoms. The molecule has 1 heterocycles. The van der Waals surface area contributed by atoms with Gasteiger partial charge in [-0.1, -0.05) is 13.0 Å². The molecule has 1 N–H and O–H groups in total. The number of rotatable bonds is 4. The van der Waals surface area contributed by atoms with E-state index >= 15 is 0 Å². The van der Waals surface area contributed by atoms with Crippen LogP contribution in [0.2, 0.25) is 0 Å². The van der Waals surface area contributed by atoms with Gasteiger partial charge in [-0.25, -0.2) is 0 Å². The van der Waals surface area contributed by atoms with Crippen LogP contribution in [0.25, 0.3) is 10.9 Å². The van der Waals surface area contributed by atoms with Crippen molar-refractivity contribution in [3.63, 3.8) is 0 Å². The quantitative estimate of drug-likeness (QED) is 0.899. The fourth-order valence-corrected chi connectivity index (χ4v) is 1.78. The van der Waals surface area contributed by atoms with E-state index < -0.39 is 11.9 Å². The molecule has 0 aliphatic rings. The van der Waals surface area contributed by atoms with Crippen molar-refractivity contribution in [2.75, 3.05) is 7.11 Å². The predicted octanol–water partition coefficient (Wildman–Crippen LogP) is 2.51. The molecule has 0 aliphatic carbocycles. The third-order valence-corrected chi connectivity index (χ3v) is 2.89. The summed E-state index contributed by atoms with van der Waals surface area (Å²) in [6, 6.07) is 9.49. The Hall–Kier alpha value is -2.10. The Bertz CT molecular complexity index is 580. The van der Waals surface area contributed by atoms with Gasteiger partial charge in [-0.3, -0.25) is 9.78 Å². The smallest absolute Gasteiger partial charge is 0.306 e. The second-order valence-corrected chi connectivity index (χ2v) is 4.30. The van der Waals surface area contributed by atoms with Gasteiger partial charge in [-0.05, 0) is 18.2 Å². The third kappa shape index (κ3) is 2.59. The van der Waals surface area contributed by atoms with Crippen molar-refractivity contribution in [3.05, 3.63) is 36.0 Å². The molecule has 1 aromatic carbocycles. The molecule has 0 aliphatic heterocycles. The molecular formula is C14H15NO3. The van der Waals surface area contributed by atoms with Gasteiger partial charge in [0, 0.05) is 23.6 Å². The van der Waals surface area contributed by atoms with Crippen LogP contribution in [0.15, 0.2) is 30.3 Å². The molecule has 0 radical (unpaired) electrons. The summed E-state index contributed by atoms with van der Waals surface area (Å²) in [6.07, 6.45) is 0.433. The van der Waals surface area contributed by atoms with Crippen LogP contribution in [0.3, 0.4) is 0 Å². The maximum Gasteiger partial charge on any atom is 0.306 e. The number of hydrogen-bond donors (Lipinski definition) is 1. The summed E-state index contributed by atoms with van der Waals surface area (Å²) >= 11 is 0. The number of carboxylic acids is 1. The zero-order chi connectivity index (χ0) is 13.1. The second kappa shape index (κ2) is 5.04. The normalized spacial score (nSPS) is 12.3. The molecule has 0 fully saturated rings. The fourth-order valence-electron chi connectivity index (χ4n) is 1.78. The second-order valence-electron chi connectivity index (χ2n) is 4.30. The number of aromatic nitrogens is 1. The number of hydrogen-bond acceptors (Lipinski definition) is 3. The SMILES string of the molecule is COc1ccc2ccc(CC(C)C(=O)O)nc2c1. The molecule has 4 nitrogen and oxygen atoms in total. The number of pyridine rings is 1. The average molecular weight is 245 g/mol.